The molecule has 0 aromatic carbocycles. The van der Waals surface area contributed by atoms with E-state index >= 15 is 0 Å². The van der Waals surface area contributed by atoms with Gasteiger partial charge in [-0.1, -0.05) is 20.3 Å². The molecule has 0 aromatic heterocycles. The van der Waals surface area contributed by atoms with Gasteiger partial charge in [0.05, 0.1) is 6.04 Å². The fraction of sp³-hybridized carbons (Fsp3) is 0.667. The number of amides is 5. The number of primary amides is 2. The number of carboxylic acid groups (broad SMARTS) is 2. The van der Waals surface area contributed by atoms with Crippen molar-refractivity contribution in [2.45, 2.75) is 83.0 Å². The maximum atomic E-state index is 12.9. The van der Waals surface area contributed by atoms with E-state index in [-0.39, 0.29) is 32.1 Å². The molecule has 5 atom stereocenters. The van der Waals surface area contributed by atoms with Gasteiger partial charge in [-0.25, -0.2) is 4.79 Å². The van der Waals surface area contributed by atoms with Crippen molar-refractivity contribution >= 4 is 41.5 Å². The van der Waals surface area contributed by atoms with Crippen molar-refractivity contribution in [3.8, 4) is 0 Å². The Bertz CT molecular complexity index is 835. The molecule has 0 spiro atoms. The topological polar surface area (TPSA) is 274 Å². The third kappa shape index (κ3) is 12.6. The Morgan fingerprint density at radius 1 is 0.722 bits per heavy atom. The number of nitrogens with two attached hydrogens (primary N) is 3. The number of hydrogen-bond acceptors (Lipinski definition) is 8. The summed E-state index contributed by atoms with van der Waals surface area (Å²) >= 11 is 0. The summed E-state index contributed by atoms with van der Waals surface area (Å²) in [5.74, 6) is -7.23. The van der Waals surface area contributed by atoms with Crippen LogP contribution in [0.2, 0.25) is 0 Å². The lowest BCUT2D eigenvalue weighted by Crippen LogP contribution is -2.57. The van der Waals surface area contributed by atoms with Gasteiger partial charge in [-0.15, -0.1) is 0 Å². The monoisotopic (exact) mass is 516 g/mol. The predicted molar refractivity (Wildman–Crippen MR) is 125 cm³/mol. The van der Waals surface area contributed by atoms with Crippen LogP contribution in [0.5, 0.6) is 0 Å². The SMILES string of the molecule is CCC(C)C(NC(=O)C(CCC(=O)O)NC(=O)C(CCC(N)=O)NC(=O)C(N)CCC(N)=O)C(=O)O. The van der Waals surface area contributed by atoms with Crippen molar-refractivity contribution < 1.29 is 43.8 Å². The molecule has 0 aliphatic carbocycles. The highest BCUT2D eigenvalue weighted by atomic mass is 16.4. The summed E-state index contributed by atoms with van der Waals surface area (Å²) in [6.07, 6.45) is -1.39. The molecule has 36 heavy (non-hydrogen) atoms. The van der Waals surface area contributed by atoms with E-state index in [1.54, 1.807) is 13.8 Å². The minimum atomic E-state index is -1.46. The summed E-state index contributed by atoms with van der Waals surface area (Å²) in [7, 11) is 0. The first kappa shape index (κ1) is 32.2. The van der Waals surface area contributed by atoms with Gasteiger partial charge in [0.2, 0.25) is 29.5 Å². The van der Waals surface area contributed by atoms with Crippen LogP contribution in [-0.2, 0) is 33.6 Å². The van der Waals surface area contributed by atoms with Gasteiger partial charge in [0, 0.05) is 19.3 Å². The molecule has 0 aromatic rings. The highest BCUT2D eigenvalue weighted by Gasteiger charge is 2.32. The molecule has 0 radical (unpaired) electrons. The summed E-state index contributed by atoms with van der Waals surface area (Å²) < 4.78 is 0. The second kappa shape index (κ2) is 16.0. The van der Waals surface area contributed by atoms with Crippen LogP contribution in [0.3, 0.4) is 0 Å². The Labute approximate surface area is 207 Å². The lowest BCUT2D eigenvalue weighted by molar-refractivity contribution is -0.144. The van der Waals surface area contributed by atoms with Crippen LogP contribution in [0.1, 0.15) is 58.8 Å². The van der Waals surface area contributed by atoms with Crippen LogP contribution in [-0.4, -0.2) is 75.9 Å². The molecule has 0 saturated carbocycles. The standard InChI is InChI=1S/C21H36N6O9/c1-3-10(2)17(21(35)36)27-20(34)13(6-9-16(30)31)26-19(33)12(5-8-15(24)29)25-18(32)11(22)4-7-14(23)28/h10-13,17H,3-9,22H2,1-2H3,(H2,23,28)(H2,24,29)(H,25,32)(H,26,33)(H,27,34)(H,30,31)(H,35,36). The van der Waals surface area contributed by atoms with Crippen molar-refractivity contribution in [2.75, 3.05) is 0 Å². The van der Waals surface area contributed by atoms with E-state index in [0.717, 1.165) is 0 Å². The average Bonchev–Trinajstić information content (AvgIpc) is 2.79. The number of carbonyl (C=O) groups is 7. The molecule has 0 aliphatic heterocycles. The summed E-state index contributed by atoms with van der Waals surface area (Å²) in [5.41, 5.74) is 15.8. The summed E-state index contributed by atoms with van der Waals surface area (Å²) in [5, 5.41) is 25.3. The summed E-state index contributed by atoms with van der Waals surface area (Å²) in [6.45, 7) is 3.32. The molecular weight excluding hydrogens is 480 g/mol. The number of nitrogens with one attached hydrogen (secondary N) is 3. The van der Waals surface area contributed by atoms with Crippen LogP contribution < -0.4 is 33.2 Å². The molecule has 11 N–H and O–H groups in total. The van der Waals surface area contributed by atoms with Crippen molar-refractivity contribution in [2.24, 2.45) is 23.1 Å². The number of aliphatic carboxylic acids is 2. The van der Waals surface area contributed by atoms with Crippen LogP contribution in [0.25, 0.3) is 0 Å². The molecule has 0 rings (SSSR count). The Morgan fingerprint density at radius 3 is 1.61 bits per heavy atom. The van der Waals surface area contributed by atoms with E-state index < -0.39 is 78.0 Å². The largest absolute Gasteiger partial charge is 0.481 e. The zero-order valence-corrected chi connectivity index (χ0v) is 20.3. The lowest BCUT2D eigenvalue weighted by Gasteiger charge is -2.26. The van der Waals surface area contributed by atoms with Gasteiger partial charge in [0.25, 0.3) is 0 Å². The van der Waals surface area contributed by atoms with Crippen LogP contribution in [0.15, 0.2) is 0 Å². The van der Waals surface area contributed by atoms with Crippen molar-refractivity contribution in [1.29, 1.82) is 0 Å². The second-order valence-electron chi connectivity index (χ2n) is 8.38. The average molecular weight is 517 g/mol. The van der Waals surface area contributed by atoms with E-state index in [4.69, 9.17) is 22.3 Å². The first-order chi connectivity index (χ1) is 16.7. The van der Waals surface area contributed by atoms with E-state index in [1.165, 1.54) is 0 Å². The molecule has 5 unspecified atom stereocenters. The van der Waals surface area contributed by atoms with E-state index in [2.05, 4.69) is 16.0 Å². The maximum Gasteiger partial charge on any atom is 0.326 e. The molecule has 15 nitrogen and oxygen atoms in total. The van der Waals surface area contributed by atoms with Gasteiger partial charge < -0.3 is 43.4 Å². The van der Waals surface area contributed by atoms with Crippen molar-refractivity contribution in [3.05, 3.63) is 0 Å². The third-order valence-electron chi connectivity index (χ3n) is 5.41. The van der Waals surface area contributed by atoms with Crippen LogP contribution in [0, 0.1) is 5.92 Å². The summed E-state index contributed by atoms with van der Waals surface area (Å²) in [6, 6.07) is -5.36. The second-order valence-corrected chi connectivity index (χ2v) is 8.38. The Hall–Kier alpha value is -3.75. The van der Waals surface area contributed by atoms with Crippen LogP contribution >= 0.6 is 0 Å². The highest BCUT2D eigenvalue weighted by Crippen LogP contribution is 2.10. The number of hydrogen-bond donors (Lipinski definition) is 8. The summed E-state index contributed by atoms with van der Waals surface area (Å²) in [4.78, 5) is 82.8. The first-order valence-corrected chi connectivity index (χ1v) is 11.4. The Balaban J connectivity index is 5.67. The Kier molecular flexibility index (Phi) is 14.4. The fourth-order valence-electron chi connectivity index (χ4n) is 3.01. The molecule has 0 bridgehead atoms. The number of rotatable bonds is 18. The molecule has 204 valence electrons. The fourth-order valence-corrected chi connectivity index (χ4v) is 3.01. The molecular formula is C21H36N6O9. The minimum Gasteiger partial charge on any atom is -0.481 e. The molecule has 15 heteroatoms. The third-order valence-corrected chi connectivity index (χ3v) is 5.41. The van der Waals surface area contributed by atoms with Crippen molar-refractivity contribution in [1.82, 2.24) is 16.0 Å². The normalized spacial score (nSPS) is 14.9. The van der Waals surface area contributed by atoms with Crippen molar-refractivity contribution in [3.63, 3.8) is 0 Å². The Morgan fingerprint density at radius 2 is 1.17 bits per heavy atom. The van der Waals surface area contributed by atoms with Gasteiger partial charge >= 0.3 is 11.9 Å². The van der Waals surface area contributed by atoms with Gasteiger partial charge in [0.15, 0.2) is 0 Å². The lowest BCUT2D eigenvalue weighted by atomic mass is 9.98. The van der Waals surface area contributed by atoms with Gasteiger partial charge in [-0.3, -0.25) is 28.8 Å². The van der Waals surface area contributed by atoms with Crippen LogP contribution in [0.4, 0.5) is 0 Å². The first-order valence-electron chi connectivity index (χ1n) is 11.4. The highest BCUT2D eigenvalue weighted by molar-refractivity contribution is 5.94. The van der Waals surface area contributed by atoms with E-state index in [0.29, 0.717) is 6.42 Å². The number of carbonyl (C=O) groups excluding carboxylic acids is 5. The smallest absolute Gasteiger partial charge is 0.326 e. The number of carboxylic acids is 2. The zero-order valence-electron chi connectivity index (χ0n) is 20.3. The van der Waals surface area contributed by atoms with E-state index in [9.17, 15) is 38.7 Å². The van der Waals surface area contributed by atoms with E-state index in [1.807, 2.05) is 0 Å². The maximum absolute atomic E-state index is 12.9. The molecule has 0 saturated heterocycles. The minimum absolute atomic E-state index is 0.110. The molecule has 0 aliphatic rings. The molecule has 0 fully saturated rings. The van der Waals surface area contributed by atoms with Gasteiger partial charge in [-0.05, 0) is 25.2 Å². The quantitative estimate of drug-likeness (QED) is 0.0932. The molecule has 5 amide bonds. The van der Waals surface area contributed by atoms with Gasteiger partial charge in [-0.2, -0.15) is 0 Å². The van der Waals surface area contributed by atoms with Gasteiger partial charge in [0.1, 0.15) is 18.1 Å². The molecule has 0 heterocycles. The zero-order chi connectivity index (χ0) is 28.0. The predicted octanol–water partition coefficient (Wildman–Crippen LogP) is -2.71.